The average molecular weight is 536 g/mol. The van der Waals surface area contributed by atoms with Gasteiger partial charge in [-0.15, -0.1) is 0 Å². The Labute approximate surface area is 225 Å². The van der Waals surface area contributed by atoms with Crippen LogP contribution in [0.5, 0.6) is 0 Å². The second-order valence-corrected chi connectivity index (χ2v) is 9.27. The summed E-state index contributed by atoms with van der Waals surface area (Å²) in [5, 5.41) is 7.06. The summed E-state index contributed by atoms with van der Waals surface area (Å²) in [4.78, 5) is 55.3. The SMILES string of the molecule is CC(=O)N[C@@H](Cc1c[nH]c2ccccc12)C(=O)[O][Al][O]C(=O)[C@H](Cc1c[nH]c2ccccc12)NC(C)=O.O. The molecular formula is C26H28AlN4O7. The highest BCUT2D eigenvalue weighted by Crippen LogP contribution is 2.20. The summed E-state index contributed by atoms with van der Waals surface area (Å²) >= 11 is -1.52. The molecule has 0 aliphatic carbocycles. The summed E-state index contributed by atoms with van der Waals surface area (Å²) in [5.41, 5.74) is 3.49. The van der Waals surface area contributed by atoms with E-state index in [1.807, 2.05) is 48.5 Å². The molecule has 0 saturated carbocycles. The first-order valence-electron chi connectivity index (χ1n) is 11.7. The van der Waals surface area contributed by atoms with E-state index in [2.05, 4.69) is 20.6 Å². The number of benzene rings is 2. The Balaban J connectivity index is 0.00000400. The van der Waals surface area contributed by atoms with Crippen molar-refractivity contribution in [3.8, 4) is 0 Å². The van der Waals surface area contributed by atoms with Crippen LogP contribution in [0.25, 0.3) is 21.8 Å². The number of fused-ring (bicyclic) bond motifs is 2. The van der Waals surface area contributed by atoms with Gasteiger partial charge in [-0.1, -0.05) is 36.4 Å². The minimum Gasteiger partial charge on any atom is -0.588 e. The van der Waals surface area contributed by atoms with Gasteiger partial charge < -0.3 is 33.7 Å². The third-order valence-corrected chi connectivity index (χ3v) is 6.51. The van der Waals surface area contributed by atoms with Crippen LogP contribution in [0.4, 0.5) is 0 Å². The van der Waals surface area contributed by atoms with Crippen LogP contribution >= 0.6 is 0 Å². The van der Waals surface area contributed by atoms with Gasteiger partial charge >= 0.3 is 15.9 Å². The van der Waals surface area contributed by atoms with Crippen LogP contribution in [0.2, 0.25) is 0 Å². The van der Waals surface area contributed by atoms with Crippen LogP contribution in [0, 0.1) is 0 Å². The molecule has 38 heavy (non-hydrogen) atoms. The summed E-state index contributed by atoms with van der Waals surface area (Å²) < 4.78 is 10.5. The van der Waals surface area contributed by atoms with Crippen LogP contribution in [-0.2, 0) is 39.6 Å². The van der Waals surface area contributed by atoms with Crippen LogP contribution in [-0.4, -0.2) is 67.2 Å². The summed E-state index contributed by atoms with van der Waals surface area (Å²) in [6.45, 7) is 2.62. The highest BCUT2D eigenvalue weighted by molar-refractivity contribution is 6.26. The molecule has 0 spiro atoms. The van der Waals surface area contributed by atoms with Crippen molar-refractivity contribution in [2.45, 2.75) is 38.8 Å². The molecular weight excluding hydrogens is 507 g/mol. The highest BCUT2D eigenvalue weighted by Gasteiger charge is 2.28. The van der Waals surface area contributed by atoms with E-state index in [0.717, 1.165) is 32.9 Å². The Hall–Kier alpha value is -4.11. The van der Waals surface area contributed by atoms with E-state index >= 15 is 0 Å². The molecule has 2 atom stereocenters. The first-order chi connectivity index (χ1) is 17.8. The molecule has 0 aliphatic rings. The molecule has 12 heteroatoms. The molecule has 0 aliphatic heterocycles. The van der Waals surface area contributed by atoms with Gasteiger partial charge in [-0.25, -0.2) is 0 Å². The number of hydrogen-bond acceptors (Lipinski definition) is 6. The molecule has 2 aromatic carbocycles. The lowest BCUT2D eigenvalue weighted by Crippen LogP contribution is -2.45. The molecule has 197 valence electrons. The van der Waals surface area contributed by atoms with E-state index < -0.39 is 51.7 Å². The molecule has 2 heterocycles. The average Bonchev–Trinajstić information content (AvgIpc) is 3.47. The van der Waals surface area contributed by atoms with Gasteiger partial charge in [0.2, 0.25) is 11.8 Å². The zero-order chi connectivity index (χ0) is 26.4. The Morgan fingerprint density at radius 2 is 1.13 bits per heavy atom. The van der Waals surface area contributed by atoms with Crippen molar-refractivity contribution in [2.24, 2.45) is 0 Å². The summed E-state index contributed by atoms with van der Waals surface area (Å²) in [6.07, 6.45) is 3.96. The first-order valence-corrected chi connectivity index (χ1v) is 12.6. The van der Waals surface area contributed by atoms with Gasteiger partial charge in [0.15, 0.2) is 0 Å². The van der Waals surface area contributed by atoms with E-state index in [0.29, 0.717) is 0 Å². The lowest BCUT2D eigenvalue weighted by molar-refractivity contribution is -0.144. The first kappa shape index (κ1) is 28.5. The molecule has 0 bridgehead atoms. The van der Waals surface area contributed by atoms with Gasteiger partial charge in [-0.3, -0.25) is 19.2 Å². The Bertz CT molecular complexity index is 1340. The second kappa shape index (κ2) is 12.9. The molecule has 11 nitrogen and oxygen atoms in total. The fourth-order valence-corrected chi connectivity index (χ4v) is 4.77. The monoisotopic (exact) mass is 535 g/mol. The normalized spacial score (nSPS) is 12.2. The van der Waals surface area contributed by atoms with Gasteiger partial charge in [0.1, 0.15) is 12.1 Å². The molecule has 2 aromatic heterocycles. The number of para-hydroxylation sites is 2. The van der Waals surface area contributed by atoms with Gasteiger partial charge in [0, 0.05) is 60.9 Å². The van der Waals surface area contributed by atoms with Crippen molar-refractivity contribution in [2.75, 3.05) is 0 Å². The zero-order valence-electron chi connectivity index (χ0n) is 20.9. The number of carbonyl (C=O) groups excluding carboxylic acids is 4. The van der Waals surface area contributed by atoms with Gasteiger partial charge in [-0.05, 0) is 23.3 Å². The van der Waals surface area contributed by atoms with Crippen molar-refractivity contribution >= 4 is 61.4 Å². The van der Waals surface area contributed by atoms with Crippen LogP contribution in [0.3, 0.4) is 0 Å². The predicted molar refractivity (Wildman–Crippen MR) is 141 cm³/mol. The maximum absolute atomic E-state index is 12.8. The van der Waals surface area contributed by atoms with Gasteiger partial charge in [0.05, 0.1) is 0 Å². The summed E-state index contributed by atoms with van der Waals surface area (Å²) in [7, 11) is 0. The number of carbonyl (C=O) groups is 4. The molecule has 2 amide bonds. The smallest absolute Gasteiger partial charge is 0.588 e. The zero-order valence-corrected chi connectivity index (χ0v) is 22.0. The van der Waals surface area contributed by atoms with Crippen molar-refractivity contribution < 1.29 is 32.2 Å². The van der Waals surface area contributed by atoms with Gasteiger partial charge in [0.25, 0.3) is 11.9 Å². The lowest BCUT2D eigenvalue weighted by Gasteiger charge is -2.19. The second-order valence-electron chi connectivity index (χ2n) is 8.60. The number of rotatable bonds is 10. The minimum atomic E-state index is -1.52. The number of nitrogens with one attached hydrogen (secondary N) is 4. The molecule has 1 radical (unpaired) electrons. The van der Waals surface area contributed by atoms with Crippen LogP contribution in [0.15, 0.2) is 60.9 Å². The fraction of sp³-hybridized carbons (Fsp3) is 0.231. The van der Waals surface area contributed by atoms with Crippen molar-refractivity contribution in [3.05, 3.63) is 72.1 Å². The Morgan fingerprint density at radius 1 is 0.737 bits per heavy atom. The Morgan fingerprint density at radius 3 is 1.53 bits per heavy atom. The van der Waals surface area contributed by atoms with Crippen molar-refractivity contribution in [1.82, 2.24) is 20.6 Å². The standard InChI is InChI=1S/2C13H14N2O3.Al.H2O/c2*1-8(16)15-12(13(17)18)6-9-7-14-11-5-3-2-4-10(9)11;;/h2*2-5,7,12,14H,6H2,1H3,(H,15,16)(H,17,18);;1H2/q;;+2;/p-2/t2*12-;;/m00../s1. The third-order valence-electron chi connectivity index (χ3n) is 5.85. The topological polar surface area (TPSA) is 174 Å². The number of aromatic nitrogens is 2. The van der Waals surface area contributed by atoms with E-state index in [1.165, 1.54) is 13.8 Å². The fourth-order valence-electron chi connectivity index (χ4n) is 4.20. The largest absolute Gasteiger partial charge is 0.885 e. The van der Waals surface area contributed by atoms with Crippen molar-refractivity contribution in [1.29, 1.82) is 0 Å². The molecule has 4 aromatic rings. The molecule has 0 fully saturated rings. The van der Waals surface area contributed by atoms with Crippen LogP contribution in [0.1, 0.15) is 25.0 Å². The molecule has 4 rings (SSSR count). The van der Waals surface area contributed by atoms with Crippen molar-refractivity contribution in [3.63, 3.8) is 0 Å². The Kier molecular flexibility index (Phi) is 9.68. The highest BCUT2D eigenvalue weighted by atomic mass is 27.2. The maximum Gasteiger partial charge on any atom is 0.885 e. The third kappa shape index (κ3) is 7.01. The number of hydrogen-bond donors (Lipinski definition) is 4. The van der Waals surface area contributed by atoms with E-state index in [4.69, 9.17) is 7.58 Å². The molecule has 6 N–H and O–H groups in total. The quantitative estimate of drug-likeness (QED) is 0.222. The molecule has 0 saturated heterocycles. The maximum atomic E-state index is 12.8. The summed E-state index contributed by atoms with van der Waals surface area (Å²) in [6, 6.07) is 13.3. The number of H-pyrrole nitrogens is 2. The van der Waals surface area contributed by atoms with Gasteiger partial charge in [-0.2, -0.15) is 0 Å². The van der Waals surface area contributed by atoms with Crippen LogP contribution < -0.4 is 10.6 Å². The number of aromatic amines is 2. The number of amides is 2. The minimum absolute atomic E-state index is 0. The van der Waals surface area contributed by atoms with E-state index in [-0.39, 0.29) is 18.3 Å². The van der Waals surface area contributed by atoms with E-state index in [9.17, 15) is 19.2 Å². The predicted octanol–water partition coefficient (Wildman–Crippen LogP) is 1.24. The lowest BCUT2D eigenvalue weighted by atomic mass is 10.1. The summed E-state index contributed by atoms with van der Waals surface area (Å²) in [5.74, 6) is -2.21. The van der Waals surface area contributed by atoms with E-state index in [1.54, 1.807) is 12.4 Å². The molecule has 0 unspecified atom stereocenters.